The summed E-state index contributed by atoms with van der Waals surface area (Å²) in [5.41, 5.74) is 11.5. The second-order valence-electron chi connectivity index (χ2n) is 6.90. The molecular weight excluding hydrogens is 350 g/mol. The number of H-pyrrole nitrogens is 2. The van der Waals surface area contributed by atoms with E-state index in [2.05, 4.69) is 27.4 Å². The predicted octanol–water partition coefficient (Wildman–Crippen LogP) is 4.08. The molecular formula is C22H20N5O. The van der Waals surface area contributed by atoms with E-state index in [1.54, 1.807) is 11.1 Å². The van der Waals surface area contributed by atoms with Crippen LogP contribution in [0.2, 0.25) is 0 Å². The minimum atomic E-state index is -0.283. The van der Waals surface area contributed by atoms with E-state index in [9.17, 15) is 4.79 Å². The summed E-state index contributed by atoms with van der Waals surface area (Å²) in [6.45, 7) is 0.614. The highest BCUT2D eigenvalue weighted by Crippen LogP contribution is 2.39. The zero-order chi connectivity index (χ0) is 19.1. The van der Waals surface area contributed by atoms with Crippen molar-refractivity contribution in [2.45, 2.75) is 12.8 Å². The number of rotatable bonds is 5. The molecule has 0 bridgehead atoms. The van der Waals surface area contributed by atoms with Gasteiger partial charge in [-0.25, -0.2) is 4.79 Å². The first kappa shape index (κ1) is 16.6. The van der Waals surface area contributed by atoms with Gasteiger partial charge in [0.2, 0.25) is 0 Å². The summed E-state index contributed by atoms with van der Waals surface area (Å²) in [5, 5.41) is 6.19. The Labute approximate surface area is 162 Å². The van der Waals surface area contributed by atoms with Crippen LogP contribution in [0.15, 0.2) is 60.9 Å². The molecule has 2 aromatic carbocycles. The first-order valence-corrected chi connectivity index (χ1v) is 9.39. The summed E-state index contributed by atoms with van der Waals surface area (Å²) >= 11 is 0. The number of nitrogens with two attached hydrogens (primary N) is 1. The molecule has 1 radical (unpaired) electrons. The second-order valence-corrected chi connectivity index (χ2v) is 6.90. The monoisotopic (exact) mass is 370 g/mol. The van der Waals surface area contributed by atoms with Gasteiger partial charge in [0.15, 0.2) is 0 Å². The number of anilines is 1. The van der Waals surface area contributed by atoms with Crippen LogP contribution >= 0.6 is 0 Å². The van der Waals surface area contributed by atoms with Gasteiger partial charge in [0.25, 0.3) is 0 Å². The summed E-state index contributed by atoms with van der Waals surface area (Å²) < 4.78 is 0. The third-order valence-corrected chi connectivity index (χ3v) is 5.21. The van der Waals surface area contributed by atoms with Gasteiger partial charge in [0, 0.05) is 39.3 Å². The quantitative estimate of drug-likeness (QED) is 0.494. The molecule has 0 saturated heterocycles. The van der Waals surface area contributed by atoms with Crippen molar-refractivity contribution in [2.24, 2.45) is 5.73 Å². The number of para-hydroxylation sites is 2. The number of aromatic amines is 2. The molecule has 0 saturated carbocycles. The Morgan fingerprint density at radius 1 is 1.00 bits per heavy atom. The molecule has 3 heterocycles. The molecule has 6 nitrogen and oxygen atoms in total. The van der Waals surface area contributed by atoms with Gasteiger partial charge in [0.05, 0.1) is 17.6 Å². The van der Waals surface area contributed by atoms with Crippen molar-refractivity contribution in [3.05, 3.63) is 72.2 Å². The van der Waals surface area contributed by atoms with E-state index < -0.39 is 0 Å². The van der Waals surface area contributed by atoms with Gasteiger partial charge < -0.3 is 15.7 Å². The Morgan fingerprint density at radius 3 is 2.57 bits per heavy atom. The molecule has 0 unspecified atom stereocenters. The molecule has 6 heteroatoms. The fourth-order valence-corrected chi connectivity index (χ4v) is 3.94. The third kappa shape index (κ3) is 2.50. The number of urea groups is 1. The standard InChI is InChI=1S/C22H20N5O/c23-11-5-10-18-21(15-7-2-4-9-17(15)26-18)20-13-25-22(28)27(20)19-12-24-16-8-3-1-6-14(16)19/h1-4,6-9,12-13,24,26H,5,10-11,23H2. The van der Waals surface area contributed by atoms with E-state index in [1.807, 2.05) is 42.6 Å². The number of nitrogens with one attached hydrogen (secondary N) is 2. The molecule has 0 spiro atoms. The smallest absolute Gasteiger partial charge is 0.352 e. The van der Waals surface area contributed by atoms with Crippen molar-refractivity contribution >= 4 is 39.2 Å². The van der Waals surface area contributed by atoms with Crippen LogP contribution in [-0.4, -0.2) is 22.5 Å². The molecule has 139 valence electrons. The zero-order valence-electron chi connectivity index (χ0n) is 15.3. The number of nitrogens with zero attached hydrogens (tertiary/aromatic N) is 2. The Morgan fingerprint density at radius 2 is 1.75 bits per heavy atom. The van der Waals surface area contributed by atoms with Crippen LogP contribution in [0.5, 0.6) is 0 Å². The molecule has 1 aliphatic rings. The molecule has 28 heavy (non-hydrogen) atoms. The molecule has 4 aromatic rings. The Balaban J connectivity index is 1.69. The van der Waals surface area contributed by atoms with Crippen molar-refractivity contribution in [1.29, 1.82) is 0 Å². The molecule has 5 rings (SSSR count). The van der Waals surface area contributed by atoms with Crippen molar-refractivity contribution in [2.75, 3.05) is 11.4 Å². The summed E-state index contributed by atoms with van der Waals surface area (Å²) in [4.78, 5) is 21.2. The molecule has 2 aromatic heterocycles. The van der Waals surface area contributed by atoms with E-state index in [0.29, 0.717) is 6.54 Å². The molecule has 2 amide bonds. The minimum absolute atomic E-state index is 0.283. The first-order valence-electron chi connectivity index (χ1n) is 9.39. The van der Waals surface area contributed by atoms with Crippen molar-refractivity contribution in [3.8, 4) is 0 Å². The third-order valence-electron chi connectivity index (χ3n) is 5.21. The Kier molecular flexibility index (Phi) is 3.91. The van der Waals surface area contributed by atoms with Gasteiger partial charge in [0.1, 0.15) is 0 Å². The van der Waals surface area contributed by atoms with E-state index >= 15 is 0 Å². The van der Waals surface area contributed by atoms with Gasteiger partial charge >= 0.3 is 6.03 Å². The number of hydrogen-bond donors (Lipinski definition) is 3. The molecule has 1 aliphatic heterocycles. The van der Waals surface area contributed by atoms with Crippen molar-refractivity contribution < 1.29 is 4.79 Å². The van der Waals surface area contributed by atoms with Crippen LogP contribution in [0.1, 0.15) is 17.7 Å². The lowest BCUT2D eigenvalue weighted by Crippen LogP contribution is -2.26. The second kappa shape index (κ2) is 6.58. The van der Waals surface area contributed by atoms with Crippen LogP contribution in [-0.2, 0) is 6.42 Å². The van der Waals surface area contributed by atoms with Gasteiger partial charge in [-0.15, -0.1) is 0 Å². The average molecular weight is 370 g/mol. The highest BCUT2D eigenvalue weighted by Gasteiger charge is 2.32. The number of carbonyl (C=O) groups excluding carboxylic acids is 1. The van der Waals surface area contributed by atoms with Gasteiger partial charge in [-0.05, 0) is 31.5 Å². The Bertz CT molecular complexity index is 1220. The number of amides is 2. The lowest BCUT2D eigenvalue weighted by atomic mass is 10.0. The number of aromatic nitrogens is 2. The minimum Gasteiger partial charge on any atom is -0.359 e. The summed E-state index contributed by atoms with van der Waals surface area (Å²) in [5.74, 6) is 0. The predicted molar refractivity (Wildman–Crippen MR) is 112 cm³/mol. The SMILES string of the molecule is NCCCc1[nH]c2ccccc2c1C1=C[N]C(=O)N1c1c[nH]c2ccccc12. The van der Waals surface area contributed by atoms with Crippen LogP contribution in [0.4, 0.5) is 10.5 Å². The van der Waals surface area contributed by atoms with E-state index in [4.69, 9.17) is 5.73 Å². The number of aryl methyl sites for hydroxylation is 1. The number of hydrogen-bond acceptors (Lipinski definition) is 2. The van der Waals surface area contributed by atoms with Crippen LogP contribution < -0.4 is 16.0 Å². The van der Waals surface area contributed by atoms with Crippen LogP contribution in [0.25, 0.3) is 27.5 Å². The zero-order valence-corrected chi connectivity index (χ0v) is 15.3. The highest BCUT2D eigenvalue weighted by molar-refractivity contribution is 6.16. The fourth-order valence-electron chi connectivity index (χ4n) is 3.94. The van der Waals surface area contributed by atoms with Crippen LogP contribution in [0, 0.1) is 0 Å². The summed E-state index contributed by atoms with van der Waals surface area (Å²) in [6.07, 6.45) is 5.22. The topological polar surface area (TPSA) is 92.0 Å². The summed E-state index contributed by atoms with van der Waals surface area (Å²) in [7, 11) is 0. The maximum atomic E-state index is 12.7. The molecule has 0 atom stereocenters. The van der Waals surface area contributed by atoms with Gasteiger partial charge in [-0.3, -0.25) is 4.90 Å². The Hall–Kier alpha value is -3.51. The van der Waals surface area contributed by atoms with E-state index in [-0.39, 0.29) is 6.03 Å². The maximum Gasteiger partial charge on any atom is 0.352 e. The summed E-state index contributed by atoms with van der Waals surface area (Å²) in [6, 6.07) is 15.8. The molecule has 0 aliphatic carbocycles. The average Bonchev–Trinajstić information content (AvgIpc) is 3.40. The fraction of sp³-hybridized carbons (Fsp3) is 0.136. The number of carbonyl (C=O) groups is 1. The molecule has 0 fully saturated rings. The number of fused-ring (bicyclic) bond motifs is 2. The lowest BCUT2D eigenvalue weighted by molar-refractivity contribution is 0.252. The highest BCUT2D eigenvalue weighted by atomic mass is 16.2. The number of benzene rings is 2. The normalized spacial score (nSPS) is 14.1. The first-order chi connectivity index (χ1) is 13.8. The molecule has 4 N–H and O–H groups in total. The van der Waals surface area contributed by atoms with Crippen LogP contribution in [0.3, 0.4) is 0 Å². The van der Waals surface area contributed by atoms with Crippen molar-refractivity contribution in [1.82, 2.24) is 15.3 Å². The largest absolute Gasteiger partial charge is 0.359 e. The van der Waals surface area contributed by atoms with Crippen molar-refractivity contribution in [3.63, 3.8) is 0 Å². The maximum absolute atomic E-state index is 12.7. The van der Waals surface area contributed by atoms with E-state index in [1.165, 1.54) is 0 Å². The lowest BCUT2D eigenvalue weighted by Gasteiger charge is -2.19. The van der Waals surface area contributed by atoms with Gasteiger partial charge in [-0.1, -0.05) is 36.4 Å². The van der Waals surface area contributed by atoms with Gasteiger partial charge in [-0.2, -0.15) is 5.32 Å². The van der Waals surface area contributed by atoms with E-state index in [0.717, 1.165) is 57.3 Å².